The zero-order valence-corrected chi connectivity index (χ0v) is 19.4. The first-order valence-corrected chi connectivity index (χ1v) is 10.6. The number of Topliss-reactive ketones (excluding diaryl/α,β-unsaturated/α-hetero) is 1. The second kappa shape index (κ2) is 9.40. The van der Waals surface area contributed by atoms with Gasteiger partial charge in [0.1, 0.15) is 28.7 Å². The topological polar surface area (TPSA) is 63.2 Å². The van der Waals surface area contributed by atoms with Crippen LogP contribution >= 0.6 is 0 Å². The van der Waals surface area contributed by atoms with Crippen molar-refractivity contribution in [2.24, 2.45) is 0 Å². The molecule has 0 saturated heterocycles. The quantitative estimate of drug-likeness (QED) is 0.423. The van der Waals surface area contributed by atoms with Crippen molar-refractivity contribution >= 4 is 5.78 Å². The van der Waals surface area contributed by atoms with Crippen LogP contribution in [-0.4, -0.2) is 40.6 Å². The zero-order chi connectivity index (χ0) is 25.3. The van der Waals surface area contributed by atoms with Crippen LogP contribution in [0, 0.1) is 0 Å². The van der Waals surface area contributed by atoms with Gasteiger partial charge >= 0.3 is 6.36 Å². The fourth-order valence-electron chi connectivity index (χ4n) is 4.49. The van der Waals surface area contributed by atoms with E-state index in [-0.39, 0.29) is 11.5 Å². The van der Waals surface area contributed by atoms with Crippen LogP contribution in [0.25, 0.3) is 0 Å². The molecule has 0 bridgehead atoms. The highest BCUT2D eigenvalue weighted by molar-refractivity contribution is 6.08. The third-order valence-corrected chi connectivity index (χ3v) is 5.97. The van der Waals surface area contributed by atoms with Crippen LogP contribution in [0.5, 0.6) is 28.7 Å². The Hall–Kier alpha value is -3.88. The van der Waals surface area contributed by atoms with Crippen molar-refractivity contribution in [2.75, 3.05) is 28.4 Å². The molecular formula is C26H23F3O6. The number of ketones is 1. The van der Waals surface area contributed by atoms with E-state index in [9.17, 15) is 18.0 Å². The smallest absolute Gasteiger partial charge is 0.497 e. The van der Waals surface area contributed by atoms with Gasteiger partial charge in [0.15, 0.2) is 5.78 Å². The highest BCUT2D eigenvalue weighted by Gasteiger charge is 2.44. The molecule has 0 aromatic heterocycles. The van der Waals surface area contributed by atoms with Gasteiger partial charge in [-0.3, -0.25) is 4.79 Å². The third kappa shape index (κ3) is 4.71. The van der Waals surface area contributed by atoms with Crippen molar-refractivity contribution in [3.05, 3.63) is 76.9 Å². The lowest BCUT2D eigenvalue weighted by atomic mass is 9.81. The number of methoxy groups -OCH3 is 4. The Morgan fingerprint density at radius 1 is 0.657 bits per heavy atom. The zero-order valence-electron chi connectivity index (χ0n) is 19.4. The molecule has 3 aromatic rings. The maximum atomic E-state index is 13.8. The van der Waals surface area contributed by atoms with E-state index in [1.165, 1.54) is 52.7 Å². The maximum absolute atomic E-state index is 13.8. The summed E-state index contributed by atoms with van der Waals surface area (Å²) in [6.45, 7) is 0. The van der Waals surface area contributed by atoms with E-state index in [4.69, 9.17) is 18.9 Å². The molecule has 1 aliphatic carbocycles. The molecule has 184 valence electrons. The Kier molecular flexibility index (Phi) is 6.51. The van der Waals surface area contributed by atoms with Crippen LogP contribution in [0.3, 0.4) is 0 Å². The summed E-state index contributed by atoms with van der Waals surface area (Å²) in [7, 11) is 5.99. The monoisotopic (exact) mass is 488 g/mol. The van der Waals surface area contributed by atoms with Gasteiger partial charge in [-0.15, -0.1) is 13.2 Å². The van der Waals surface area contributed by atoms with Crippen LogP contribution in [0.1, 0.15) is 38.9 Å². The van der Waals surface area contributed by atoms with E-state index < -0.39 is 18.2 Å². The Balaban J connectivity index is 1.91. The van der Waals surface area contributed by atoms with Gasteiger partial charge in [-0.2, -0.15) is 0 Å². The number of carbonyl (C=O) groups is 1. The lowest BCUT2D eigenvalue weighted by Crippen LogP contribution is -2.17. The summed E-state index contributed by atoms with van der Waals surface area (Å²) >= 11 is 0. The van der Waals surface area contributed by atoms with Gasteiger partial charge in [-0.25, -0.2) is 0 Å². The van der Waals surface area contributed by atoms with Crippen molar-refractivity contribution in [3.63, 3.8) is 0 Å². The van der Waals surface area contributed by atoms with Gasteiger partial charge in [0.25, 0.3) is 0 Å². The molecule has 2 atom stereocenters. The van der Waals surface area contributed by atoms with Crippen molar-refractivity contribution < 1.29 is 41.7 Å². The molecule has 3 aromatic carbocycles. The Morgan fingerprint density at radius 2 is 1.23 bits per heavy atom. The number of alkyl halides is 3. The number of carbonyl (C=O) groups excluding carboxylic acids is 1. The molecule has 0 radical (unpaired) electrons. The Bertz CT molecular complexity index is 1210. The number of hydrogen-bond donors (Lipinski definition) is 0. The van der Waals surface area contributed by atoms with Crippen LogP contribution in [-0.2, 0) is 0 Å². The minimum Gasteiger partial charge on any atom is -0.497 e. The largest absolute Gasteiger partial charge is 0.573 e. The molecule has 0 spiro atoms. The first-order chi connectivity index (χ1) is 16.7. The number of rotatable bonds is 7. The van der Waals surface area contributed by atoms with Crippen molar-refractivity contribution in [3.8, 4) is 28.7 Å². The van der Waals surface area contributed by atoms with Gasteiger partial charge in [0.2, 0.25) is 0 Å². The molecule has 0 heterocycles. The number of halogens is 3. The van der Waals surface area contributed by atoms with Crippen molar-refractivity contribution in [1.82, 2.24) is 0 Å². The molecule has 6 nitrogen and oxygen atoms in total. The first-order valence-electron chi connectivity index (χ1n) is 10.6. The van der Waals surface area contributed by atoms with E-state index in [0.717, 1.165) is 0 Å². The van der Waals surface area contributed by atoms with Gasteiger partial charge in [0.05, 0.1) is 34.4 Å². The molecule has 0 amide bonds. The number of hydrogen-bond acceptors (Lipinski definition) is 6. The standard InChI is InChI=1S/C26H23F3O6/c1-31-17-9-15(10-18(11-17)32-2)23-22(14-5-7-16(8-6-14)35-26(27,28)29)24-20(25(23)30)12-19(33-3)13-21(24)34-4/h5-13,22-23H,1-4H3/t22-,23-/m0/s1. The molecule has 0 saturated carbocycles. The second-order valence-corrected chi connectivity index (χ2v) is 7.87. The molecule has 35 heavy (non-hydrogen) atoms. The molecule has 0 aliphatic heterocycles. The fraction of sp³-hybridized carbons (Fsp3) is 0.269. The third-order valence-electron chi connectivity index (χ3n) is 5.97. The summed E-state index contributed by atoms with van der Waals surface area (Å²) in [4.78, 5) is 13.8. The van der Waals surface area contributed by atoms with Crippen molar-refractivity contribution in [2.45, 2.75) is 18.2 Å². The first kappa shape index (κ1) is 24.3. The highest BCUT2D eigenvalue weighted by Crippen LogP contribution is 2.53. The Morgan fingerprint density at radius 3 is 1.74 bits per heavy atom. The lowest BCUT2D eigenvalue weighted by Gasteiger charge is -2.23. The summed E-state index contributed by atoms with van der Waals surface area (Å²) in [6.07, 6.45) is -4.81. The minimum atomic E-state index is -4.81. The summed E-state index contributed by atoms with van der Waals surface area (Å²) in [5, 5.41) is 0. The maximum Gasteiger partial charge on any atom is 0.573 e. The molecule has 0 unspecified atom stereocenters. The molecule has 1 aliphatic rings. The predicted molar refractivity (Wildman–Crippen MR) is 121 cm³/mol. The molecule has 4 rings (SSSR count). The lowest BCUT2D eigenvalue weighted by molar-refractivity contribution is -0.274. The summed E-state index contributed by atoms with van der Waals surface area (Å²) in [5.41, 5.74) is 2.27. The van der Waals surface area contributed by atoms with Crippen LogP contribution < -0.4 is 23.7 Å². The van der Waals surface area contributed by atoms with Crippen LogP contribution in [0.2, 0.25) is 0 Å². The van der Waals surface area contributed by atoms with Gasteiger partial charge in [-0.05, 0) is 41.5 Å². The predicted octanol–water partition coefficient (Wildman–Crippen LogP) is 5.73. The number of fused-ring (bicyclic) bond motifs is 1. The average molecular weight is 488 g/mol. The summed E-state index contributed by atoms with van der Waals surface area (Å²) in [5.74, 6) is 0.0662. The van der Waals surface area contributed by atoms with Gasteiger partial charge in [0, 0.05) is 29.2 Å². The average Bonchev–Trinajstić information content (AvgIpc) is 3.14. The van der Waals surface area contributed by atoms with E-state index >= 15 is 0 Å². The molecule has 9 heteroatoms. The van der Waals surface area contributed by atoms with E-state index in [1.54, 1.807) is 30.3 Å². The number of ether oxygens (including phenoxy) is 5. The van der Waals surface area contributed by atoms with Gasteiger partial charge < -0.3 is 23.7 Å². The normalized spacial score (nSPS) is 17.1. The van der Waals surface area contributed by atoms with E-state index in [2.05, 4.69) is 4.74 Å². The second-order valence-electron chi connectivity index (χ2n) is 7.87. The SMILES string of the molecule is COc1cc(OC)cc([C@@H]2C(=O)c3cc(OC)cc(OC)c3[C@H]2c2ccc(OC(F)(F)F)cc2)c1. The molecule has 0 N–H and O–H groups in total. The van der Waals surface area contributed by atoms with Crippen LogP contribution in [0.4, 0.5) is 13.2 Å². The summed E-state index contributed by atoms with van der Waals surface area (Å²) in [6, 6.07) is 14.0. The van der Waals surface area contributed by atoms with E-state index in [0.29, 0.717) is 45.3 Å². The molecule has 0 fully saturated rings. The van der Waals surface area contributed by atoms with E-state index in [1.807, 2.05) is 0 Å². The molecular weight excluding hydrogens is 465 g/mol. The van der Waals surface area contributed by atoms with Crippen LogP contribution in [0.15, 0.2) is 54.6 Å². The van der Waals surface area contributed by atoms with Gasteiger partial charge in [-0.1, -0.05) is 12.1 Å². The number of benzene rings is 3. The minimum absolute atomic E-state index is 0.187. The Labute approximate surface area is 200 Å². The fourth-order valence-corrected chi connectivity index (χ4v) is 4.49. The highest BCUT2D eigenvalue weighted by atomic mass is 19.4. The van der Waals surface area contributed by atoms with Crippen molar-refractivity contribution in [1.29, 1.82) is 0 Å². The summed E-state index contributed by atoms with van der Waals surface area (Å²) < 4.78 is 63.8.